The number of piperidine rings is 1. The fourth-order valence-corrected chi connectivity index (χ4v) is 3.65. The van der Waals surface area contributed by atoms with Crippen molar-refractivity contribution in [3.05, 3.63) is 29.3 Å². The highest BCUT2D eigenvalue weighted by atomic mass is 16.1. The Labute approximate surface area is 121 Å². The molecular formula is C17H24N2O. The van der Waals surface area contributed by atoms with Crippen LogP contribution in [0.3, 0.4) is 0 Å². The highest BCUT2D eigenvalue weighted by Crippen LogP contribution is 2.27. The molecule has 0 amide bonds. The third-order valence-corrected chi connectivity index (χ3v) is 4.77. The van der Waals surface area contributed by atoms with Gasteiger partial charge in [0.1, 0.15) is 6.29 Å². The molecule has 1 atom stereocenters. The van der Waals surface area contributed by atoms with E-state index in [0.29, 0.717) is 0 Å². The van der Waals surface area contributed by atoms with Crippen LogP contribution in [0.2, 0.25) is 0 Å². The van der Waals surface area contributed by atoms with Gasteiger partial charge in [0.15, 0.2) is 0 Å². The number of hydrogen-bond acceptors (Lipinski definition) is 3. The maximum absolute atomic E-state index is 10.8. The second kappa shape index (κ2) is 5.96. The van der Waals surface area contributed by atoms with Gasteiger partial charge < -0.3 is 4.90 Å². The second-order valence-electron chi connectivity index (χ2n) is 6.15. The summed E-state index contributed by atoms with van der Waals surface area (Å²) in [5.74, 6) is 0. The summed E-state index contributed by atoms with van der Waals surface area (Å²) in [5, 5.41) is 0. The first-order valence-electron chi connectivity index (χ1n) is 7.83. The molecule has 3 rings (SSSR count). The van der Waals surface area contributed by atoms with Gasteiger partial charge in [-0.2, -0.15) is 0 Å². The van der Waals surface area contributed by atoms with E-state index in [1.54, 1.807) is 0 Å². The Bertz CT molecular complexity index is 480. The van der Waals surface area contributed by atoms with Crippen LogP contribution in [0.4, 0.5) is 5.69 Å². The van der Waals surface area contributed by atoms with Crippen LogP contribution in [0.1, 0.15) is 41.6 Å². The van der Waals surface area contributed by atoms with Gasteiger partial charge in [-0.15, -0.1) is 0 Å². The van der Waals surface area contributed by atoms with Gasteiger partial charge in [0.05, 0.1) is 0 Å². The molecule has 1 aromatic rings. The maximum Gasteiger partial charge on any atom is 0.150 e. The lowest BCUT2D eigenvalue weighted by molar-refractivity contribution is 0.112. The van der Waals surface area contributed by atoms with Crippen molar-refractivity contribution in [2.24, 2.45) is 0 Å². The van der Waals surface area contributed by atoms with Gasteiger partial charge in [-0.05, 0) is 63.0 Å². The van der Waals surface area contributed by atoms with Crippen molar-refractivity contribution in [1.29, 1.82) is 0 Å². The number of carbonyl (C=O) groups excluding carboxylic acids is 1. The molecule has 0 spiro atoms. The Morgan fingerprint density at radius 1 is 1.15 bits per heavy atom. The zero-order chi connectivity index (χ0) is 13.9. The number of likely N-dealkylation sites (tertiary alicyclic amines) is 1. The van der Waals surface area contributed by atoms with Gasteiger partial charge in [-0.1, -0.05) is 6.42 Å². The summed E-state index contributed by atoms with van der Waals surface area (Å²) >= 11 is 0. The van der Waals surface area contributed by atoms with Crippen LogP contribution in [-0.2, 0) is 0 Å². The first-order chi connectivity index (χ1) is 9.78. The standard InChI is InChI=1S/C17H24N2O/c1-14-11-15(13-20)5-6-17(14)19-10-7-16(12-19)18-8-3-2-4-9-18/h5-6,11,13,16H,2-4,7-10,12H2,1H3. The summed E-state index contributed by atoms with van der Waals surface area (Å²) in [5.41, 5.74) is 3.29. The molecule has 0 radical (unpaired) electrons. The van der Waals surface area contributed by atoms with E-state index >= 15 is 0 Å². The molecule has 0 N–H and O–H groups in total. The molecule has 1 unspecified atom stereocenters. The molecule has 2 heterocycles. The fourth-order valence-electron chi connectivity index (χ4n) is 3.65. The third kappa shape index (κ3) is 2.73. The monoisotopic (exact) mass is 272 g/mol. The molecule has 2 aliphatic heterocycles. The number of rotatable bonds is 3. The van der Waals surface area contributed by atoms with E-state index in [0.717, 1.165) is 31.0 Å². The average Bonchev–Trinajstić information content (AvgIpc) is 2.97. The second-order valence-corrected chi connectivity index (χ2v) is 6.15. The Balaban J connectivity index is 1.68. The highest BCUT2D eigenvalue weighted by Gasteiger charge is 2.29. The highest BCUT2D eigenvalue weighted by molar-refractivity contribution is 5.77. The van der Waals surface area contributed by atoms with Crippen molar-refractivity contribution in [1.82, 2.24) is 4.90 Å². The molecule has 0 aliphatic carbocycles. The van der Waals surface area contributed by atoms with Gasteiger partial charge in [0.25, 0.3) is 0 Å². The molecule has 20 heavy (non-hydrogen) atoms. The number of hydrogen-bond donors (Lipinski definition) is 0. The van der Waals surface area contributed by atoms with E-state index in [-0.39, 0.29) is 0 Å². The zero-order valence-electron chi connectivity index (χ0n) is 12.3. The summed E-state index contributed by atoms with van der Waals surface area (Å²) in [6.45, 7) is 6.95. The average molecular weight is 272 g/mol. The van der Waals surface area contributed by atoms with Crippen LogP contribution in [0, 0.1) is 6.92 Å². The van der Waals surface area contributed by atoms with Crippen molar-refractivity contribution in [3.63, 3.8) is 0 Å². The molecule has 2 aliphatic rings. The van der Waals surface area contributed by atoms with Crippen LogP contribution in [0.25, 0.3) is 0 Å². The Morgan fingerprint density at radius 3 is 2.65 bits per heavy atom. The van der Waals surface area contributed by atoms with E-state index in [2.05, 4.69) is 22.8 Å². The third-order valence-electron chi connectivity index (χ3n) is 4.77. The summed E-state index contributed by atoms with van der Waals surface area (Å²) in [6.07, 6.45) is 6.33. The summed E-state index contributed by atoms with van der Waals surface area (Å²) in [6, 6.07) is 6.76. The quantitative estimate of drug-likeness (QED) is 0.791. The predicted molar refractivity (Wildman–Crippen MR) is 82.6 cm³/mol. The number of nitrogens with zero attached hydrogens (tertiary/aromatic N) is 2. The molecule has 2 saturated heterocycles. The fraction of sp³-hybridized carbons (Fsp3) is 0.588. The van der Waals surface area contributed by atoms with E-state index in [1.807, 2.05) is 12.1 Å². The topological polar surface area (TPSA) is 23.6 Å². The summed E-state index contributed by atoms with van der Waals surface area (Å²) in [7, 11) is 0. The molecule has 0 bridgehead atoms. The molecule has 3 heteroatoms. The zero-order valence-corrected chi connectivity index (χ0v) is 12.3. The van der Waals surface area contributed by atoms with E-state index in [9.17, 15) is 4.79 Å². The van der Waals surface area contributed by atoms with E-state index < -0.39 is 0 Å². The van der Waals surface area contributed by atoms with Crippen LogP contribution < -0.4 is 4.90 Å². The number of aryl methyl sites for hydroxylation is 1. The van der Waals surface area contributed by atoms with Crippen LogP contribution in [-0.4, -0.2) is 43.4 Å². The van der Waals surface area contributed by atoms with E-state index in [1.165, 1.54) is 50.0 Å². The normalized spacial score (nSPS) is 24.1. The minimum atomic E-state index is 0.723. The van der Waals surface area contributed by atoms with Gasteiger partial charge in [-0.25, -0.2) is 0 Å². The van der Waals surface area contributed by atoms with Crippen molar-refractivity contribution < 1.29 is 4.79 Å². The predicted octanol–water partition coefficient (Wildman–Crippen LogP) is 2.87. The van der Waals surface area contributed by atoms with Crippen LogP contribution in [0.5, 0.6) is 0 Å². The van der Waals surface area contributed by atoms with Crippen molar-refractivity contribution in [2.45, 2.75) is 38.6 Å². The van der Waals surface area contributed by atoms with Gasteiger partial charge in [0.2, 0.25) is 0 Å². The van der Waals surface area contributed by atoms with Crippen molar-refractivity contribution >= 4 is 12.0 Å². The van der Waals surface area contributed by atoms with Gasteiger partial charge in [-0.3, -0.25) is 9.69 Å². The Kier molecular flexibility index (Phi) is 4.06. The molecule has 2 fully saturated rings. The largest absolute Gasteiger partial charge is 0.370 e. The minimum Gasteiger partial charge on any atom is -0.370 e. The lowest BCUT2D eigenvalue weighted by Crippen LogP contribution is -2.40. The molecule has 0 saturated carbocycles. The first-order valence-corrected chi connectivity index (χ1v) is 7.83. The SMILES string of the molecule is Cc1cc(C=O)ccc1N1CCC(N2CCCCC2)C1. The maximum atomic E-state index is 10.8. The lowest BCUT2D eigenvalue weighted by atomic mass is 10.1. The molecular weight excluding hydrogens is 248 g/mol. The molecule has 1 aromatic carbocycles. The molecule has 108 valence electrons. The van der Waals surface area contributed by atoms with Crippen LogP contribution >= 0.6 is 0 Å². The molecule has 0 aromatic heterocycles. The summed E-state index contributed by atoms with van der Waals surface area (Å²) < 4.78 is 0. The van der Waals surface area contributed by atoms with Crippen molar-refractivity contribution in [3.8, 4) is 0 Å². The minimum absolute atomic E-state index is 0.723. The Hall–Kier alpha value is -1.35. The van der Waals surface area contributed by atoms with Crippen LogP contribution in [0.15, 0.2) is 18.2 Å². The number of carbonyl (C=O) groups is 1. The van der Waals surface area contributed by atoms with Gasteiger partial charge >= 0.3 is 0 Å². The summed E-state index contributed by atoms with van der Waals surface area (Å²) in [4.78, 5) is 16.0. The number of benzene rings is 1. The molecule has 3 nitrogen and oxygen atoms in total. The Morgan fingerprint density at radius 2 is 1.95 bits per heavy atom. The number of anilines is 1. The smallest absolute Gasteiger partial charge is 0.150 e. The van der Waals surface area contributed by atoms with E-state index in [4.69, 9.17) is 0 Å². The van der Waals surface area contributed by atoms with Crippen molar-refractivity contribution in [2.75, 3.05) is 31.1 Å². The first kappa shape index (κ1) is 13.6. The number of aldehydes is 1. The van der Waals surface area contributed by atoms with Gasteiger partial charge in [0, 0.05) is 30.4 Å². The lowest BCUT2D eigenvalue weighted by Gasteiger charge is -2.32.